The Bertz CT molecular complexity index is 1200. The molecule has 0 fully saturated rings. The molecule has 0 aliphatic heterocycles. The van der Waals surface area contributed by atoms with E-state index < -0.39 is 10.0 Å². The number of carbonyl (C=O) groups is 1. The van der Waals surface area contributed by atoms with Crippen LogP contribution in [0.1, 0.15) is 28.7 Å². The minimum Gasteiger partial charge on any atom is -0.494 e. The number of nitrogens with zero attached hydrogens (tertiary/aromatic N) is 2. The van der Waals surface area contributed by atoms with Crippen LogP contribution in [0.3, 0.4) is 0 Å². The molecule has 0 spiro atoms. The van der Waals surface area contributed by atoms with Gasteiger partial charge < -0.3 is 10.1 Å². The summed E-state index contributed by atoms with van der Waals surface area (Å²) in [7, 11) is -3.83. The number of sulfonamides is 1. The lowest BCUT2D eigenvalue weighted by molar-refractivity contribution is 0.104. The van der Waals surface area contributed by atoms with E-state index in [1.54, 1.807) is 56.3 Å². The van der Waals surface area contributed by atoms with Crippen molar-refractivity contribution >= 4 is 27.4 Å². The molecule has 0 radical (unpaired) electrons. The number of ketones is 1. The highest BCUT2D eigenvalue weighted by Gasteiger charge is 2.16. The molecule has 166 valence electrons. The van der Waals surface area contributed by atoms with E-state index in [-0.39, 0.29) is 16.6 Å². The summed E-state index contributed by atoms with van der Waals surface area (Å²) >= 11 is 0. The standard InChI is InChI=1S/C23H24N4O4S/c1-4-31-20-9-5-18(6-10-20)22(28)13-14-24-19-7-11-21(12-8-19)32(29,30)27-23-25-16(2)15-17(3)26-23/h5-15,24H,4H2,1-3H3,(H,25,26,27)/b14-13+. The average molecular weight is 453 g/mol. The van der Waals surface area contributed by atoms with Crippen LogP contribution in [0.4, 0.5) is 11.6 Å². The van der Waals surface area contributed by atoms with Gasteiger partial charge in [0.1, 0.15) is 5.75 Å². The normalized spacial score (nSPS) is 11.3. The van der Waals surface area contributed by atoms with Crippen LogP contribution in [0.15, 0.2) is 71.8 Å². The van der Waals surface area contributed by atoms with E-state index in [2.05, 4.69) is 20.0 Å². The number of ether oxygens (including phenoxy) is 1. The summed E-state index contributed by atoms with van der Waals surface area (Å²) in [5.74, 6) is 0.567. The van der Waals surface area contributed by atoms with Gasteiger partial charge in [-0.2, -0.15) is 0 Å². The lowest BCUT2D eigenvalue weighted by Gasteiger charge is -2.09. The minimum absolute atomic E-state index is 0.0282. The van der Waals surface area contributed by atoms with Crippen molar-refractivity contribution in [2.24, 2.45) is 0 Å². The molecule has 0 atom stereocenters. The number of rotatable bonds is 9. The van der Waals surface area contributed by atoms with Crippen LogP contribution in [0.2, 0.25) is 0 Å². The van der Waals surface area contributed by atoms with Crippen molar-refractivity contribution in [3.05, 3.63) is 83.8 Å². The van der Waals surface area contributed by atoms with Crippen molar-refractivity contribution in [2.75, 3.05) is 16.6 Å². The SMILES string of the molecule is CCOc1ccc(C(=O)/C=C/Nc2ccc(S(=O)(=O)Nc3nc(C)cc(C)n3)cc2)cc1. The molecule has 32 heavy (non-hydrogen) atoms. The number of carbonyl (C=O) groups excluding carboxylic acids is 1. The largest absolute Gasteiger partial charge is 0.494 e. The molecule has 2 N–H and O–H groups in total. The number of hydrogen-bond acceptors (Lipinski definition) is 7. The van der Waals surface area contributed by atoms with Crippen LogP contribution in [-0.2, 0) is 10.0 Å². The predicted octanol–water partition coefficient (Wildman–Crippen LogP) is 4.10. The highest BCUT2D eigenvalue weighted by Crippen LogP contribution is 2.17. The van der Waals surface area contributed by atoms with Gasteiger partial charge in [0.2, 0.25) is 5.95 Å². The third kappa shape index (κ3) is 6.14. The molecule has 0 unspecified atom stereocenters. The van der Waals surface area contributed by atoms with Gasteiger partial charge in [0.05, 0.1) is 11.5 Å². The molecule has 1 aromatic heterocycles. The van der Waals surface area contributed by atoms with Crippen LogP contribution in [-0.4, -0.2) is 30.8 Å². The summed E-state index contributed by atoms with van der Waals surface area (Å²) in [6.07, 6.45) is 2.91. The maximum absolute atomic E-state index is 12.6. The fourth-order valence-electron chi connectivity index (χ4n) is 2.87. The fraction of sp³-hybridized carbons (Fsp3) is 0.174. The van der Waals surface area contributed by atoms with E-state index in [0.717, 1.165) is 0 Å². The van der Waals surface area contributed by atoms with Crippen LogP contribution in [0.25, 0.3) is 0 Å². The summed E-state index contributed by atoms with van der Waals surface area (Å²) in [4.78, 5) is 20.5. The molecule has 1 heterocycles. The van der Waals surface area contributed by atoms with Gasteiger partial charge in [-0.25, -0.2) is 23.1 Å². The topological polar surface area (TPSA) is 110 Å². The first-order valence-corrected chi connectivity index (χ1v) is 11.4. The number of allylic oxidation sites excluding steroid dienone is 1. The van der Waals surface area contributed by atoms with Gasteiger partial charge in [-0.15, -0.1) is 0 Å². The number of nitrogens with one attached hydrogen (secondary N) is 2. The lowest BCUT2D eigenvalue weighted by Crippen LogP contribution is -2.15. The number of benzene rings is 2. The van der Waals surface area contributed by atoms with Crippen molar-refractivity contribution in [1.29, 1.82) is 0 Å². The molecular formula is C23H24N4O4S. The molecule has 3 aromatic rings. The quantitative estimate of drug-likeness (QED) is 0.371. The summed E-state index contributed by atoms with van der Waals surface area (Å²) in [5, 5.41) is 2.95. The molecular weight excluding hydrogens is 428 g/mol. The van der Waals surface area contributed by atoms with Crippen molar-refractivity contribution in [3.63, 3.8) is 0 Å². The number of aryl methyl sites for hydroxylation is 2. The zero-order chi connectivity index (χ0) is 23.1. The Labute approximate surface area is 187 Å². The van der Waals surface area contributed by atoms with Gasteiger partial charge in [-0.05, 0) is 75.4 Å². The summed E-state index contributed by atoms with van der Waals surface area (Å²) in [5.41, 5.74) is 2.50. The minimum atomic E-state index is -3.83. The average Bonchev–Trinajstić information content (AvgIpc) is 2.74. The van der Waals surface area contributed by atoms with Crippen LogP contribution < -0.4 is 14.8 Å². The van der Waals surface area contributed by atoms with Crippen LogP contribution >= 0.6 is 0 Å². The first kappa shape index (κ1) is 23.0. The summed E-state index contributed by atoms with van der Waals surface area (Å²) in [6.45, 7) is 5.99. The first-order valence-electron chi connectivity index (χ1n) is 9.92. The van der Waals surface area contributed by atoms with Crippen LogP contribution in [0, 0.1) is 13.8 Å². The van der Waals surface area contributed by atoms with E-state index in [4.69, 9.17) is 4.74 Å². The molecule has 3 rings (SSSR count). The van der Waals surface area contributed by atoms with Crippen LogP contribution in [0.5, 0.6) is 5.75 Å². The van der Waals surface area contributed by atoms with Gasteiger partial charge in [-0.3, -0.25) is 4.79 Å². The highest BCUT2D eigenvalue weighted by atomic mass is 32.2. The molecule has 0 aliphatic carbocycles. The second-order valence-corrected chi connectivity index (χ2v) is 8.59. The molecule has 8 nitrogen and oxygen atoms in total. The van der Waals surface area contributed by atoms with Crippen molar-refractivity contribution < 1.29 is 17.9 Å². The van der Waals surface area contributed by atoms with Crippen molar-refractivity contribution in [2.45, 2.75) is 25.7 Å². The monoisotopic (exact) mass is 452 g/mol. The number of aromatic nitrogens is 2. The van der Waals surface area contributed by atoms with Gasteiger partial charge in [0, 0.05) is 34.9 Å². The van der Waals surface area contributed by atoms with E-state index in [1.165, 1.54) is 24.4 Å². The Balaban J connectivity index is 1.61. The molecule has 0 amide bonds. The van der Waals surface area contributed by atoms with Gasteiger partial charge in [-0.1, -0.05) is 0 Å². The summed E-state index contributed by atoms with van der Waals surface area (Å²) in [6, 6.07) is 14.7. The Morgan fingerprint density at radius 3 is 2.22 bits per heavy atom. The third-order valence-corrected chi connectivity index (χ3v) is 5.65. The van der Waals surface area contributed by atoms with E-state index in [9.17, 15) is 13.2 Å². The van der Waals surface area contributed by atoms with Crippen molar-refractivity contribution in [1.82, 2.24) is 9.97 Å². The van der Waals surface area contributed by atoms with E-state index in [0.29, 0.717) is 35.0 Å². The zero-order valence-corrected chi connectivity index (χ0v) is 18.8. The maximum Gasteiger partial charge on any atom is 0.264 e. The Morgan fingerprint density at radius 1 is 1.00 bits per heavy atom. The first-order chi connectivity index (χ1) is 15.3. The van der Waals surface area contributed by atoms with Gasteiger partial charge in [0.25, 0.3) is 10.0 Å². The molecule has 0 aliphatic rings. The smallest absolute Gasteiger partial charge is 0.264 e. The Hall–Kier alpha value is -3.72. The Kier molecular flexibility index (Phi) is 7.21. The van der Waals surface area contributed by atoms with Gasteiger partial charge >= 0.3 is 0 Å². The van der Waals surface area contributed by atoms with E-state index in [1.807, 2.05) is 6.92 Å². The number of hydrogen-bond donors (Lipinski definition) is 2. The lowest BCUT2D eigenvalue weighted by atomic mass is 10.1. The zero-order valence-electron chi connectivity index (χ0n) is 18.0. The van der Waals surface area contributed by atoms with Gasteiger partial charge in [0.15, 0.2) is 5.78 Å². The molecule has 0 saturated carbocycles. The molecule has 2 aromatic carbocycles. The highest BCUT2D eigenvalue weighted by molar-refractivity contribution is 7.92. The fourth-order valence-corrected chi connectivity index (χ4v) is 3.82. The maximum atomic E-state index is 12.6. The molecule has 0 bridgehead atoms. The molecule has 9 heteroatoms. The van der Waals surface area contributed by atoms with Crippen molar-refractivity contribution in [3.8, 4) is 5.75 Å². The third-order valence-electron chi connectivity index (χ3n) is 4.31. The summed E-state index contributed by atoms with van der Waals surface area (Å²) < 4.78 is 32.9. The molecule has 0 saturated heterocycles. The second kappa shape index (κ2) is 10.1. The second-order valence-electron chi connectivity index (χ2n) is 6.90. The Morgan fingerprint density at radius 2 is 1.62 bits per heavy atom. The van der Waals surface area contributed by atoms with E-state index >= 15 is 0 Å². The number of anilines is 2. The predicted molar refractivity (Wildman–Crippen MR) is 123 cm³/mol.